The molecule has 0 bridgehead atoms. The SMILES string of the molecule is C1=Cn2nc3ccncc3c2C=NO1. The molecule has 3 rings (SSSR count). The lowest BCUT2D eigenvalue weighted by atomic mass is 10.3. The monoisotopic (exact) mass is 186 g/mol. The van der Waals surface area contributed by atoms with E-state index in [9.17, 15) is 0 Å². The minimum absolute atomic E-state index is 0.877. The number of aromatic nitrogens is 3. The Morgan fingerprint density at radius 3 is 3.36 bits per heavy atom. The maximum absolute atomic E-state index is 4.79. The van der Waals surface area contributed by atoms with E-state index in [1.165, 1.54) is 6.26 Å². The molecule has 68 valence electrons. The summed E-state index contributed by atoms with van der Waals surface area (Å²) >= 11 is 0. The van der Waals surface area contributed by atoms with E-state index >= 15 is 0 Å². The highest BCUT2D eigenvalue weighted by molar-refractivity contribution is 5.97. The van der Waals surface area contributed by atoms with Gasteiger partial charge in [-0.15, -0.1) is 0 Å². The van der Waals surface area contributed by atoms with Crippen LogP contribution in [0.25, 0.3) is 17.1 Å². The van der Waals surface area contributed by atoms with Crippen molar-refractivity contribution in [1.82, 2.24) is 14.8 Å². The standard InChI is InChI=1S/C9H6N4O/c1-2-10-5-7-8(1)12-13-3-4-14-11-6-9(7)13/h1-6H. The van der Waals surface area contributed by atoms with E-state index in [-0.39, 0.29) is 0 Å². The molecule has 0 fully saturated rings. The summed E-state index contributed by atoms with van der Waals surface area (Å²) in [5.74, 6) is 0. The van der Waals surface area contributed by atoms with Gasteiger partial charge in [-0.05, 0) is 6.07 Å². The molecule has 0 amide bonds. The van der Waals surface area contributed by atoms with Crippen LogP contribution in [0.3, 0.4) is 0 Å². The van der Waals surface area contributed by atoms with Crippen LogP contribution in [-0.2, 0) is 4.84 Å². The van der Waals surface area contributed by atoms with Crippen LogP contribution >= 0.6 is 0 Å². The van der Waals surface area contributed by atoms with Crippen LogP contribution in [0.2, 0.25) is 0 Å². The van der Waals surface area contributed by atoms with Gasteiger partial charge in [0.1, 0.15) is 6.26 Å². The average molecular weight is 186 g/mol. The van der Waals surface area contributed by atoms with Crippen molar-refractivity contribution in [3.63, 3.8) is 0 Å². The number of hydrogen-bond donors (Lipinski definition) is 0. The molecule has 2 aromatic rings. The Hall–Kier alpha value is -2.17. The minimum Gasteiger partial charge on any atom is -0.363 e. The van der Waals surface area contributed by atoms with Crippen molar-refractivity contribution in [2.24, 2.45) is 5.16 Å². The number of oxime groups is 1. The Balaban J connectivity index is 2.41. The molecular formula is C9H6N4O. The lowest BCUT2D eigenvalue weighted by Crippen LogP contribution is -1.93. The first-order chi connectivity index (χ1) is 6.95. The van der Waals surface area contributed by atoms with E-state index in [4.69, 9.17) is 4.84 Å². The zero-order valence-corrected chi connectivity index (χ0v) is 7.16. The van der Waals surface area contributed by atoms with Crippen molar-refractivity contribution < 1.29 is 4.84 Å². The summed E-state index contributed by atoms with van der Waals surface area (Å²) in [6.45, 7) is 0. The van der Waals surface area contributed by atoms with Crippen molar-refractivity contribution in [3.05, 3.63) is 30.4 Å². The van der Waals surface area contributed by atoms with E-state index in [2.05, 4.69) is 15.2 Å². The Labute approximate surface area is 79.3 Å². The molecule has 5 nitrogen and oxygen atoms in total. The number of rotatable bonds is 0. The van der Waals surface area contributed by atoms with Crippen molar-refractivity contribution in [1.29, 1.82) is 0 Å². The molecule has 2 aromatic heterocycles. The molecular weight excluding hydrogens is 180 g/mol. The first-order valence-corrected chi connectivity index (χ1v) is 4.13. The quantitative estimate of drug-likeness (QED) is 0.621. The summed E-state index contributed by atoms with van der Waals surface area (Å²) in [7, 11) is 0. The Kier molecular flexibility index (Phi) is 1.38. The molecule has 3 heterocycles. The van der Waals surface area contributed by atoms with Crippen LogP contribution in [0.15, 0.2) is 29.9 Å². The van der Waals surface area contributed by atoms with Gasteiger partial charge in [-0.25, -0.2) is 4.68 Å². The normalized spacial score (nSPS) is 13.7. The van der Waals surface area contributed by atoms with E-state index < -0.39 is 0 Å². The molecule has 0 saturated heterocycles. The second-order valence-electron chi connectivity index (χ2n) is 2.85. The van der Waals surface area contributed by atoms with E-state index in [0.717, 1.165) is 16.6 Å². The molecule has 0 N–H and O–H groups in total. The largest absolute Gasteiger partial charge is 0.363 e. The van der Waals surface area contributed by atoms with Gasteiger partial charge in [0.05, 0.1) is 23.6 Å². The number of fused-ring (bicyclic) bond motifs is 3. The molecule has 5 heteroatoms. The lowest BCUT2D eigenvalue weighted by molar-refractivity contribution is 0.273. The zero-order chi connectivity index (χ0) is 9.38. The van der Waals surface area contributed by atoms with Gasteiger partial charge >= 0.3 is 0 Å². The van der Waals surface area contributed by atoms with Crippen LogP contribution in [0.5, 0.6) is 0 Å². The summed E-state index contributed by atoms with van der Waals surface area (Å²) in [4.78, 5) is 8.84. The molecule has 0 radical (unpaired) electrons. The molecule has 0 aliphatic carbocycles. The van der Waals surface area contributed by atoms with Gasteiger partial charge in [0.15, 0.2) is 0 Å². The van der Waals surface area contributed by atoms with Crippen molar-refractivity contribution in [3.8, 4) is 0 Å². The molecule has 0 unspecified atom stereocenters. The van der Waals surface area contributed by atoms with Gasteiger partial charge < -0.3 is 4.84 Å². The molecule has 0 spiro atoms. The number of nitrogens with zero attached hydrogens (tertiary/aromatic N) is 4. The van der Waals surface area contributed by atoms with Gasteiger partial charge in [-0.1, -0.05) is 5.16 Å². The van der Waals surface area contributed by atoms with E-state index in [1.54, 1.807) is 29.5 Å². The summed E-state index contributed by atoms with van der Waals surface area (Å²) in [6.07, 6.45) is 8.29. The highest BCUT2D eigenvalue weighted by Gasteiger charge is 2.08. The van der Waals surface area contributed by atoms with Gasteiger partial charge in [-0.2, -0.15) is 5.10 Å². The fourth-order valence-corrected chi connectivity index (χ4v) is 1.41. The first-order valence-electron chi connectivity index (χ1n) is 4.13. The molecule has 0 aromatic carbocycles. The third-order valence-corrected chi connectivity index (χ3v) is 2.04. The Bertz CT molecular complexity index is 541. The van der Waals surface area contributed by atoms with Crippen LogP contribution in [0.4, 0.5) is 0 Å². The summed E-state index contributed by atoms with van der Waals surface area (Å²) in [5.41, 5.74) is 1.77. The zero-order valence-electron chi connectivity index (χ0n) is 7.16. The van der Waals surface area contributed by atoms with Gasteiger partial charge in [-0.3, -0.25) is 4.98 Å². The topological polar surface area (TPSA) is 52.3 Å². The van der Waals surface area contributed by atoms with Crippen LogP contribution in [0, 0.1) is 0 Å². The van der Waals surface area contributed by atoms with Gasteiger partial charge in [0.2, 0.25) is 0 Å². The smallest absolute Gasteiger partial charge is 0.140 e. The first kappa shape index (κ1) is 7.25. The molecule has 0 atom stereocenters. The maximum atomic E-state index is 4.79. The van der Waals surface area contributed by atoms with Crippen LogP contribution in [-0.4, -0.2) is 21.0 Å². The van der Waals surface area contributed by atoms with Gasteiger partial charge in [0, 0.05) is 17.8 Å². The molecule has 14 heavy (non-hydrogen) atoms. The highest BCUT2D eigenvalue weighted by Crippen LogP contribution is 2.16. The summed E-state index contributed by atoms with van der Waals surface area (Å²) < 4.78 is 1.71. The summed E-state index contributed by atoms with van der Waals surface area (Å²) in [5, 5.41) is 9.03. The van der Waals surface area contributed by atoms with Crippen LogP contribution in [0.1, 0.15) is 5.69 Å². The molecule has 1 aliphatic rings. The predicted octanol–water partition coefficient (Wildman–Crippen LogP) is 1.22. The second-order valence-corrected chi connectivity index (χ2v) is 2.85. The minimum atomic E-state index is 0.877. The average Bonchev–Trinajstić information content (AvgIpc) is 2.42. The fraction of sp³-hybridized carbons (Fsp3) is 0. The highest BCUT2D eigenvalue weighted by atomic mass is 16.6. The number of hydrogen-bond acceptors (Lipinski definition) is 4. The molecule has 0 saturated carbocycles. The lowest BCUT2D eigenvalue weighted by Gasteiger charge is -1.90. The third-order valence-electron chi connectivity index (χ3n) is 2.04. The fourth-order valence-electron chi connectivity index (χ4n) is 1.41. The van der Waals surface area contributed by atoms with Gasteiger partial charge in [0.25, 0.3) is 0 Å². The predicted molar refractivity (Wildman–Crippen MR) is 51.5 cm³/mol. The third kappa shape index (κ3) is 0.922. The van der Waals surface area contributed by atoms with Crippen molar-refractivity contribution in [2.75, 3.05) is 0 Å². The Morgan fingerprint density at radius 2 is 2.36 bits per heavy atom. The second kappa shape index (κ2) is 2.66. The van der Waals surface area contributed by atoms with Crippen molar-refractivity contribution >= 4 is 23.3 Å². The van der Waals surface area contributed by atoms with Crippen LogP contribution < -0.4 is 0 Å². The number of pyridine rings is 1. The Morgan fingerprint density at radius 1 is 1.36 bits per heavy atom. The van der Waals surface area contributed by atoms with Crippen molar-refractivity contribution in [2.45, 2.75) is 0 Å². The maximum Gasteiger partial charge on any atom is 0.140 e. The summed E-state index contributed by atoms with van der Waals surface area (Å²) in [6, 6.07) is 1.86. The molecule has 1 aliphatic heterocycles. The van der Waals surface area contributed by atoms with E-state index in [1.807, 2.05) is 6.07 Å². The van der Waals surface area contributed by atoms with E-state index in [0.29, 0.717) is 0 Å².